The number of hydrogen-bond donors (Lipinski definition) is 2. The van der Waals surface area contributed by atoms with Crippen molar-refractivity contribution in [1.82, 2.24) is 9.55 Å². The minimum atomic E-state index is -0.645. The number of fused-ring (bicyclic) bond motifs is 1. The van der Waals surface area contributed by atoms with Crippen molar-refractivity contribution in [1.29, 1.82) is 0 Å². The molecule has 3 rings (SSSR count). The summed E-state index contributed by atoms with van der Waals surface area (Å²) < 4.78 is 6.85. The number of aromatic nitrogens is 2. The first-order chi connectivity index (χ1) is 14.2. The first-order valence-electron chi connectivity index (χ1n) is 10.3. The van der Waals surface area contributed by atoms with E-state index in [0.29, 0.717) is 19.7 Å². The Labute approximate surface area is 175 Å². The molecular weight excluding hydrogens is 384 g/mol. The average molecular weight is 415 g/mol. The van der Waals surface area contributed by atoms with Gasteiger partial charge in [0.25, 0.3) is 5.56 Å². The minimum Gasteiger partial charge on any atom is -0.493 e. The summed E-state index contributed by atoms with van der Waals surface area (Å²) in [5.41, 5.74) is 7.01. The van der Waals surface area contributed by atoms with Crippen LogP contribution in [0.5, 0.6) is 5.75 Å². The van der Waals surface area contributed by atoms with Gasteiger partial charge in [-0.15, -0.1) is 0 Å². The fourth-order valence-corrected chi connectivity index (χ4v) is 3.69. The summed E-state index contributed by atoms with van der Waals surface area (Å²) in [6.45, 7) is 9.14. The molecule has 0 saturated heterocycles. The van der Waals surface area contributed by atoms with Gasteiger partial charge in [0.2, 0.25) is 5.91 Å². The van der Waals surface area contributed by atoms with Crippen molar-refractivity contribution in [2.24, 2.45) is 11.8 Å². The molecule has 3 N–H and O–H groups in total. The molecule has 1 aromatic carbocycles. The van der Waals surface area contributed by atoms with Gasteiger partial charge in [0.1, 0.15) is 11.6 Å². The molecule has 2 heterocycles. The summed E-state index contributed by atoms with van der Waals surface area (Å²) in [4.78, 5) is 42.0. The number of nitrogens with two attached hydrogens (primary N) is 1. The number of anilines is 2. The van der Waals surface area contributed by atoms with Gasteiger partial charge < -0.3 is 15.4 Å². The zero-order valence-corrected chi connectivity index (χ0v) is 18.0. The first kappa shape index (κ1) is 21.7. The van der Waals surface area contributed by atoms with Crippen LogP contribution in [0.1, 0.15) is 38.8 Å². The molecule has 0 aliphatic carbocycles. The smallest absolute Gasteiger partial charge is 0.330 e. The summed E-state index contributed by atoms with van der Waals surface area (Å²) in [6.07, 6.45) is 0.946. The predicted molar refractivity (Wildman–Crippen MR) is 117 cm³/mol. The molecule has 1 amide bonds. The number of benzene rings is 1. The third kappa shape index (κ3) is 4.58. The van der Waals surface area contributed by atoms with E-state index in [9.17, 15) is 14.4 Å². The number of carbonyl (C=O) groups excluding carboxylic acids is 1. The van der Waals surface area contributed by atoms with Gasteiger partial charge >= 0.3 is 5.69 Å². The van der Waals surface area contributed by atoms with E-state index in [1.165, 1.54) is 9.47 Å². The lowest BCUT2D eigenvalue weighted by Crippen LogP contribution is -2.43. The number of carbonyl (C=O) groups is 1. The lowest BCUT2D eigenvalue weighted by Gasteiger charge is -2.26. The molecule has 0 spiro atoms. The van der Waals surface area contributed by atoms with E-state index in [4.69, 9.17) is 10.5 Å². The summed E-state index contributed by atoms with van der Waals surface area (Å²) in [5.74, 6) is 0.883. The molecule has 1 aliphatic rings. The Bertz CT molecular complexity index is 1050. The van der Waals surface area contributed by atoms with E-state index < -0.39 is 11.2 Å². The van der Waals surface area contributed by atoms with Crippen molar-refractivity contribution in [3.05, 3.63) is 50.2 Å². The zero-order valence-electron chi connectivity index (χ0n) is 18.0. The fraction of sp³-hybridized carbons (Fsp3) is 0.500. The molecule has 30 heavy (non-hydrogen) atoms. The Morgan fingerprint density at radius 3 is 2.63 bits per heavy atom. The Morgan fingerprint density at radius 2 is 1.97 bits per heavy atom. The van der Waals surface area contributed by atoms with E-state index in [-0.39, 0.29) is 35.7 Å². The molecule has 2 aromatic rings. The number of ether oxygens (including phenoxy) is 1. The first-order valence-corrected chi connectivity index (χ1v) is 10.3. The van der Waals surface area contributed by atoms with E-state index in [1.54, 1.807) is 0 Å². The Hall–Kier alpha value is -3.03. The van der Waals surface area contributed by atoms with E-state index >= 15 is 0 Å². The molecule has 0 saturated carbocycles. The number of H-pyrrole nitrogens is 1. The predicted octanol–water partition coefficient (Wildman–Crippen LogP) is 1.94. The van der Waals surface area contributed by atoms with Crippen LogP contribution in [0.4, 0.5) is 11.5 Å². The summed E-state index contributed by atoms with van der Waals surface area (Å²) in [6, 6.07) is 5.71. The Kier molecular flexibility index (Phi) is 6.34. The quantitative estimate of drug-likeness (QED) is 0.719. The van der Waals surface area contributed by atoms with Crippen LogP contribution in [-0.2, 0) is 24.2 Å². The van der Waals surface area contributed by atoms with Crippen LogP contribution < -0.4 is 26.6 Å². The maximum atomic E-state index is 13.3. The van der Waals surface area contributed by atoms with E-state index in [1.807, 2.05) is 45.9 Å². The van der Waals surface area contributed by atoms with Crippen LogP contribution in [-0.4, -0.2) is 28.6 Å². The second-order valence-corrected chi connectivity index (χ2v) is 8.61. The second-order valence-electron chi connectivity index (χ2n) is 8.61. The van der Waals surface area contributed by atoms with Crippen molar-refractivity contribution < 1.29 is 9.53 Å². The molecule has 8 nitrogen and oxygen atoms in total. The molecule has 162 valence electrons. The second kappa shape index (κ2) is 8.77. The molecule has 1 aliphatic heterocycles. The molecule has 8 heteroatoms. The maximum Gasteiger partial charge on any atom is 0.330 e. The number of hydrogen-bond acceptors (Lipinski definition) is 5. The van der Waals surface area contributed by atoms with Gasteiger partial charge in [-0.1, -0.05) is 39.8 Å². The van der Waals surface area contributed by atoms with Gasteiger partial charge in [0.05, 0.1) is 13.0 Å². The van der Waals surface area contributed by atoms with Gasteiger partial charge in [-0.2, -0.15) is 0 Å². The zero-order chi connectivity index (χ0) is 22.0. The SMILES string of the molecule is CC(C)CN(C(=O)Cc1ccc2c(c1)CCO2)c1c(N)n(CC(C)C)c(=O)[nH]c1=O. The molecule has 0 bridgehead atoms. The van der Waals surface area contributed by atoms with E-state index in [0.717, 1.165) is 23.3 Å². The molecule has 1 aromatic heterocycles. The fourth-order valence-electron chi connectivity index (χ4n) is 3.69. The normalized spacial score (nSPS) is 12.9. The third-order valence-corrected chi connectivity index (χ3v) is 4.99. The number of nitrogens with zero attached hydrogens (tertiary/aromatic N) is 2. The largest absolute Gasteiger partial charge is 0.493 e. The summed E-state index contributed by atoms with van der Waals surface area (Å²) >= 11 is 0. The highest BCUT2D eigenvalue weighted by Gasteiger charge is 2.25. The van der Waals surface area contributed by atoms with Gasteiger partial charge in [-0.25, -0.2) is 4.79 Å². The van der Waals surface area contributed by atoms with Crippen LogP contribution in [0.2, 0.25) is 0 Å². The van der Waals surface area contributed by atoms with Gasteiger partial charge in [-0.3, -0.25) is 19.1 Å². The average Bonchev–Trinajstić information content (AvgIpc) is 3.11. The topological polar surface area (TPSA) is 110 Å². The number of rotatable bonds is 7. The molecule has 0 unspecified atom stereocenters. The van der Waals surface area contributed by atoms with Crippen molar-refractivity contribution in [3.63, 3.8) is 0 Å². The van der Waals surface area contributed by atoms with E-state index in [2.05, 4.69) is 4.98 Å². The third-order valence-electron chi connectivity index (χ3n) is 4.99. The molecular formula is C22H30N4O4. The highest BCUT2D eigenvalue weighted by molar-refractivity contribution is 5.96. The summed E-state index contributed by atoms with van der Waals surface area (Å²) in [5, 5.41) is 0. The van der Waals surface area contributed by atoms with Gasteiger partial charge in [-0.05, 0) is 29.0 Å². The number of amides is 1. The highest BCUT2D eigenvalue weighted by Crippen LogP contribution is 2.27. The van der Waals surface area contributed by atoms with Crippen molar-refractivity contribution in [3.8, 4) is 5.75 Å². The Morgan fingerprint density at radius 1 is 1.23 bits per heavy atom. The minimum absolute atomic E-state index is 0.0220. The van der Waals surface area contributed by atoms with Crippen molar-refractivity contribution in [2.45, 2.75) is 47.1 Å². The van der Waals surface area contributed by atoms with Crippen LogP contribution >= 0.6 is 0 Å². The van der Waals surface area contributed by atoms with Crippen molar-refractivity contribution in [2.75, 3.05) is 23.8 Å². The van der Waals surface area contributed by atoms with Crippen molar-refractivity contribution >= 4 is 17.4 Å². The lowest BCUT2D eigenvalue weighted by molar-refractivity contribution is -0.118. The monoisotopic (exact) mass is 414 g/mol. The molecule has 0 radical (unpaired) electrons. The number of nitrogens with one attached hydrogen (secondary N) is 1. The van der Waals surface area contributed by atoms with Crippen LogP contribution in [0.15, 0.2) is 27.8 Å². The highest BCUT2D eigenvalue weighted by atomic mass is 16.5. The summed E-state index contributed by atoms with van der Waals surface area (Å²) in [7, 11) is 0. The Balaban J connectivity index is 1.99. The van der Waals surface area contributed by atoms with Crippen LogP contribution in [0.3, 0.4) is 0 Å². The lowest BCUT2D eigenvalue weighted by atomic mass is 10.0. The number of aromatic amines is 1. The molecule has 0 atom stereocenters. The van der Waals surface area contributed by atoms with Crippen LogP contribution in [0.25, 0.3) is 0 Å². The molecule has 0 fully saturated rings. The maximum absolute atomic E-state index is 13.3. The van der Waals surface area contributed by atoms with Gasteiger partial charge in [0, 0.05) is 19.5 Å². The standard InChI is InChI=1S/C22H30N4O4/c1-13(2)11-25(18(27)10-15-5-6-17-16(9-15)7-8-30-17)19-20(23)26(12-14(3)4)22(29)24-21(19)28/h5-6,9,13-14H,7-8,10-12,23H2,1-4H3,(H,24,28,29). The van der Waals surface area contributed by atoms with Gasteiger partial charge in [0.15, 0.2) is 5.69 Å². The number of nitrogen functional groups attached to an aromatic ring is 1. The van der Waals surface area contributed by atoms with Crippen LogP contribution in [0, 0.1) is 11.8 Å².